The van der Waals surface area contributed by atoms with Gasteiger partial charge in [-0.15, -0.1) is 0 Å². The molecule has 3 aliphatic rings. The number of hydrogen-bond acceptors (Lipinski definition) is 3. The van der Waals surface area contributed by atoms with Gasteiger partial charge in [0.1, 0.15) is 0 Å². The van der Waals surface area contributed by atoms with Crippen LogP contribution in [0.5, 0.6) is 0 Å². The van der Waals surface area contributed by atoms with E-state index >= 15 is 0 Å². The average Bonchev–Trinajstić information content (AvgIpc) is 2.81. The topological polar surface area (TPSA) is 69.6 Å². The Morgan fingerprint density at radius 2 is 1.70 bits per heavy atom. The van der Waals surface area contributed by atoms with E-state index in [1.165, 1.54) is 0 Å². The molecule has 5 heteroatoms. The summed E-state index contributed by atoms with van der Waals surface area (Å²) < 4.78 is 0. The second-order valence-electron chi connectivity index (χ2n) is 11.5. The number of aliphatic hydroxyl groups excluding tert-OH is 1. The number of nitrogens with one attached hydrogen (secondary N) is 1. The second-order valence-corrected chi connectivity index (χ2v) is 11.5. The van der Waals surface area contributed by atoms with E-state index in [1.54, 1.807) is 0 Å². The first kappa shape index (κ1) is 24.3. The Morgan fingerprint density at radius 1 is 1.06 bits per heavy atom. The lowest BCUT2D eigenvalue weighted by Gasteiger charge is -2.56. The molecule has 0 unspecified atom stereocenters. The molecule has 2 saturated carbocycles. The van der Waals surface area contributed by atoms with Crippen molar-refractivity contribution in [3.8, 4) is 0 Å². The summed E-state index contributed by atoms with van der Waals surface area (Å²) in [7, 11) is 0. The van der Waals surface area contributed by atoms with Crippen molar-refractivity contribution < 1.29 is 14.7 Å². The monoisotopic (exact) mass is 454 g/mol. The second kappa shape index (κ2) is 9.77. The molecule has 2 aliphatic carbocycles. The van der Waals surface area contributed by atoms with Gasteiger partial charge in [0.25, 0.3) is 5.91 Å². The van der Waals surface area contributed by atoms with E-state index in [-0.39, 0.29) is 46.9 Å². The number of amides is 2. The Hall–Kier alpha value is -1.88. The van der Waals surface area contributed by atoms with Gasteiger partial charge in [0.15, 0.2) is 0 Å². The zero-order valence-electron chi connectivity index (χ0n) is 20.8. The molecule has 3 fully saturated rings. The Kier molecular flexibility index (Phi) is 7.18. The third-order valence-electron chi connectivity index (χ3n) is 9.37. The molecule has 33 heavy (non-hydrogen) atoms. The van der Waals surface area contributed by atoms with Crippen molar-refractivity contribution in [1.82, 2.24) is 10.2 Å². The average molecular weight is 455 g/mol. The Bertz CT molecular complexity index is 835. The highest BCUT2D eigenvalue weighted by Gasteiger charge is 2.54. The van der Waals surface area contributed by atoms with Crippen LogP contribution in [0.4, 0.5) is 0 Å². The van der Waals surface area contributed by atoms with E-state index in [0.717, 1.165) is 51.6 Å². The normalized spacial score (nSPS) is 36.0. The summed E-state index contributed by atoms with van der Waals surface area (Å²) in [5, 5.41) is 14.9. The fraction of sp³-hybridized carbons (Fsp3) is 0.714. The standard InChI is InChI=1S/C28H42N2O3/c1-18-12-16-30(17-13-18)27(33)19(2)22-10-14-28(4)15-11-23(20(3)24(28)25(22)31)29-26(32)21-8-6-5-7-9-21/h5-9,18-20,22-25,31H,10-17H2,1-4H3,(H,29,32)/t19-,20-,22+,23-,24+,25-,28+/m0/s1. The molecule has 1 saturated heterocycles. The molecular weight excluding hydrogens is 412 g/mol. The summed E-state index contributed by atoms with van der Waals surface area (Å²) >= 11 is 0. The molecule has 5 nitrogen and oxygen atoms in total. The van der Waals surface area contributed by atoms with E-state index in [2.05, 4.69) is 26.1 Å². The van der Waals surface area contributed by atoms with Crippen molar-refractivity contribution in [1.29, 1.82) is 0 Å². The molecular formula is C28H42N2O3. The maximum Gasteiger partial charge on any atom is 0.251 e. The van der Waals surface area contributed by atoms with Gasteiger partial charge < -0.3 is 15.3 Å². The number of fused-ring (bicyclic) bond motifs is 1. The molecule has 2 N–H and O–H groups in total. The van der Waals surface area contributed by atoms with Gasteiger partial charge in [0.05, 0.1) is 6.10 Å². The number of carbonyl (C=O) groups excluding carboxylic acids is 2. The molecule has 4 rings (SSSR count). The van der Waals surface area contributed by atoms with Gasteiger partial charge in [-0.3, -0.25) is 9.59 Å². The van der Waals surface area contributed by atoms with Crippen LogP contribution in [0.3, 0.4) is 0 Å². The van der Waals surface area contributed by atoms with E-state index in [9.17, 15) is 14.7 Å². The Morgan fingerprint density at radius 3 is 2.36 bits per heavy atom. The minimum Gasteiger partial charge on any atom is -0.392 e. The van der Waals surface area contributed by atoms with Crippen LogP contribution in [0.15, 0.2) is 30.3 Å². The van der Waals surface area contributed by atoms with Crippen molar-refractivity contribution >= 4 is 11.8 Å². The van der Waals surface area contributed by atoms with Crippen molar-refractivity contribution in [2.24, 2.45) is 35.0 Å². The van der Waals surface area contributed by atoms with Crippen LogP contribution in [-0.2, 0) is 4.79 Å². The third kappa shape index (κ3) is 4.84. The van der Waals surface area contributed by atoms with Gasteiger partial charge in [-0.1, -0.05) is 45.9 Å². The molecule has 0 aromatic heterocycles. The summed E-state index contributed by atoms with van der Waals surface area (Å²) in [5.41, 5.74) is 0.738. The van der Waals surface area contributed by atoms with Crippen LogP contribution in [0, 0.1) is 35.0 Å². The number of rotatable bonds is 4. The first-order chi connectivity index (χ1) is 15.7. The fourth-order valence-electron chi connectivity index (χ4n) is 7.04. The van der Waals surface area contributed by atoms with Gasteiger partial charge in [0.2, 0.25) is 5.91 Å². The molecule has 1 aliphatic heterocycles. The highest BCUT2D eigenvalue weighted by molar-refractivity contribution is 5.94. The zero-order chi connectivity index (χ0) is 23.8. The van der Waals surface area contributed by atoms with E-state index in [0.29, 0.717) is 11.5 Å². The Labute approximate surface area is 199 Å². The zero-order valence-corrected chi connectivity index (χ0v) is 20.8. The summed E-state index contributed by atoms with van der Waals surface area (Å²) in [6.45, 7) is 10.5. The van der Waals surface area contributed by atoms with Gasteiger partial charge in [0, 0.05) is 30.6 Å². The largest absolute Gasteiger partial charge is 0.392 e. The number of hydrogen-bond donors (Lipinski definition) is 2. The molecule has 1 aromatic carbocycles. The van der Waals surface area contributed by atoms with Crippen LogP contribution in [0.2, 0.25) is 0 Å². The molecule has 182 valence electrons. The van der Waals surface area contributed by atoms with Crippen LogP contribution >= 0.6 is 0 Å². The summed E-state index contributed by atoms with van der Waals surface area (Å²) in [5.74, 6) is 0.935. The molecule has 1 heterocycles. The van der Waals surface area contributed by atoms with Gasteiger partial charge in [-0.05, 0) is 79.7 Å². The van der Waals surface area contributed by atoms with Crippen molar-refractivity contribution in [2.75, 3.05) is 13.1 Å². The van der Waals surface area contributed by atoms with Crippen LogP contribution in [0.25, 0.3) is 0 Å². The fourth-order valence-corrected chi connectivity index (χ4v) is 7.04. The van der Waals surface area contributed by atoms with Crippen LogP contribution in [-0.4, -0.2) is 47.1 Å². The van der Waals surface area contributed by atoms with Gasteiger partial charge in [-0.25, -0.2) is 0 Å². The maximum absolute atomic E-state index is 13.3. The number of benzene rings is 1. The first-order valence-corrected chi connectivity index (χ1v) is 13.0. The first-order valence-electron chi connectivity index (χ1n) is 13.0. The molecule has 7 atom stereocenters. The van der Waals surface area contributed by atoms with Crippen LogP contribution < -0.4 is 5.32 Å². The number of piperidine rings is 1. The summed E-state index contributed by atoms with van der Waals surface area (Å²) in [6, 6.07) is 9.40. The van der Waals surface area contributed by atoms with Crippen molar-refractivity contribution in [3.05, 3.63) is 35.9 Å². The van der Waals surface area contributed by atoms with Crippen LogP contribution in [0.1, 0.15) is 76.6 Å². The molecule has 0 radical (unpaired) electrons. The number of carbonyl (C=O) groups is 2. The third-order valence-corrected chi connectivity index (χ3v) is 9.37. The van der Waals surface area contributed by atoms with E-state index in [4.69, 9.17) is 0 Å². The number of likely N-dealkylation sites (tertiary alicyclic amines) is 1. The molecule has 0 spiro atoms. The molecule has 2 amide bonds. The van der Waals surface area contributed by atoms with E-state index < -0.39 is 6.10 Å². The summed E-state index contributed by atoms with van der Waals surface area (Å²) in [4.78, 5) is 28.1. The van der Waals surface area contributed by atoms with Gasteiger partial charge >= 0.3 is 0 Å². The maximum atomic E-state index is 13.3. The highest BCUT2D eigenvalue weighted by Crippen LogP contribution is 2.55. The smallest absolute Gasteiger partial charge is 0.251 e. The highest BCUT2D eigenvalue weighted by atomic mass is 16.3. The minimum absolute atomic E-state index is 0.0130. The predicted octanol–water partition coefficient (Wildman–Crippen LogP) is 4.50. The molecule has 1 aromatic rings. The number of nitrogens with zero attached hydrogens (tertiary/aromatic N) is 1. The number of aliphatic hydroxyl groups is 1. The lowest BCUT2D eigenvalue weighted by atomic mass is 9.51. The minimum atomic E-state index is -0.516. The molecule has 0 bridgehead atoms. The SMILES string of the molecule is CC1CCN(C(=O)[C@@H](C)[C@H]2CC[C@]3(C)CC[C@H](NC(=O)c4ccccc4)[C@H](C)[C@@H]3[C@H]2O)CC1. The lowest BCUT2D eigenvalue weighted by molar-refractivity contribution is -0.151. The van der Waals surface area contributed by atoms with Crippen molar-refractivity contribution in [3.63, 3.8) is 0 Å². The Balaban J connectivity index is 1.45. The summed E-state index contributed by atoms with van der Waals surface area (Å²) in [6.07, 6.45) is 5.51. The van der Waals surface area contributed by atoms with Gasteiger partial charge in [-0.2, -0.15) is 0 Å². The predicted molar refractivity (Wildman–Crippen MR) is 131 cm³/mol. The quantitative estimate of drug-likeness (QED) is 0.704. The van der Waals surface area contributed by atoms with Crippen molar-refractivity contribution in [2.45, 2.75) is 78.4 Å². The lowest BCUT2D eigenvalue weighted by Crippen LogP contribution is -2.58. The van der Waals surface area contributed by atoms with E-state index in [1.807, 2.05) is 42.2 Å².